The number of rotatable bonds is 6. The minimum Gasteiger partial charge on any atom is -0.454 e. The number of nitro groups is 1. The Morgan fingerprint density at radius 1 is 0.926 bits per heavy atom. The number of furan rings is 1. The van der Waals surface area contributed by atoms with Gasteiger partial charge in [-0.1, -0.05) is 30.3 Å². The zero-order chi connectivity index (χ0) is 19.2. The Morgan fingerprint density at radius 2 is 1.63 bits per heavy atom. The number of hydrogen-bond acceptors (Lipinski definition) is 5. The first-order chi connectivity index (χ1) is 13.0. The first-order valence-electron chi connectivity index (χ1n) is 8.01. The molecular formula is C19H15N3O5. The molecule has 0 aliphatic rings. The van der Waals surface area contributed by atoms with E-state index in [0.717, 1.165) is 0 Å². The summed E-state index contributed by atoms with van der Waals surface area (Å²) in [7, 11) is 0. The van der Waals surface area contributed by atoms with Gasteiger partial charge in [0.15, 0.2) is 5.76 Å². The number of carbonyl (C=O) groups excluding carboxylic acids is 2. The van der Waals surface area contributed by atoms with Gasteiger partial charge >= 0.3 is 0 Å². The molecule has 3 aromatic rings. The van der Waals surface area contributed by atoms with Crippen LogP contribution in [-0.2, 0) is 6.54 Å². The number of nitrogens with zero attached hydrogens (tertiary/aromatic N) is 1. The molecule has 8 heteroatoms. The number of para-hydroxylation sites is 2. The number of amides is 2. The van der Waals surface area contributed by atoms with Crippen molar-refractivity contribution in [2.75, 3.05) is 5.32 Å². The first kappa shape index (κ1) is 17.9. The van der Waals surface area contributed by atoms with Gasteiger partial charge in [0.1, 0.15) is 11.4 Å². The van der Waals surface area contributed by atoms with Crippen LogP contribution in [0.1, 0.15) is 26.7 Å². The average molecular weight is 365 g/mol. The molecule has 8 nitrogen and oxygen atoms in total. The fourth-order valence-electron chi connectivity index (χ4n) is 2.38. The third-order valence-electron chi connectivity index (χ3n) is 3.69. The lowest BCUT2D eigenvalue weighted by molar-refractivity contribution is -0.383. The van der Waals surface area contributed by atoms with Crippen molar-refractivity contribution in [3.8, 4) is 0 Å². The van der Waals surface area contributed by atoms with Crippen molar-refractivity contribution < 1.29 is 18.9 Å². The maximum absolute atomic E-state index is 12.2. The van der Waals surface area contributed by atoms with Crippen LogP contribution in [-0.4, -0.2) is 16.7 Å². The van der Waals surface area contributed by atoms with E-state index < -0.39 is 10.8 Å². The Morgan fingerprint density at radius 3 is 2.37 bits per heavy atom. The van der Waals surface area contributed by atoms with Gasteiger partial charge in [-0.25, -0.2) is 0 Å². The van der Waals surface area contributed by atoms with Crippen molar-refractivity contribution in [1.82, 2.24) is 5.32 Å². The predicted octanol–water partition coefficient (Wildman–Crippen LogP) is 3.37. The number of benzene rings is 2. The molecule has 1 heterocycles. The van der Waals surface area contributed by atoms with Crippen LogP contribution in [0.15, 0.2) is 71.1 Å². The van der Waals surface area contributed by atoms with E-state index in [2.05, 4.69) is 10.6 Å². The molecule has 0 radical (unpaired) electrons. The molecule has 0 unspecified atom stereocenters. The summed E-state index contributed by atoms with van der Waals surface area (Å²) in [5.41, 5.74) is 0.369. The fourth-order valence-corrected chi connectivity index (χ4v) is 2.38. The van der Waals surface area contributed by atoms with Gasteiger partial charge in [0.25, 0.3) is 17.5 Å². The largest absolute Gasteiger partial charge is 0.454 e. The van der Waals surface area contributed by atoms with E-state index >= 15 is 0 Å². The molecule has 2 aromatic carbocycles. The van der Waals surface area contributed by atoms with Gasteiger partial charge in [0.05, 0.1) is 11.5 Å². The van der Waals surface area contributed by atoms with E-state index in [0.29, 0.717) is 11.3 Å². The maximum Gasteiger partial charge on any atom is 0.292 e. The Labute approximate surface area is 154 Å². The van der Waals surface area contributed by atoms with Crippen LogP contribution in [0, 0.1) is 10.1 Å². The zero-order valence-corrected chi connectivity index (χ0v) is 14.0. The second-order valence-electron chi connectivity index (χ2n) is 5.54. The average Bonchev–Trinajstić information content (AvgIpc) is 3.16. The third-order valence-corrected chi connectivity index (χ3v) is 3.69. The summed E-state index contributed by atoms with van der Waals surface area (Å²) in [5, 5.41) is 16.1. The third kappa shape index (κ3) is 4.37. The maximum atomic E-state index is 12.2. The summed E-state index contributed by atoms with van der Waals surface area (Å²) in [6.45, 7) is 0.104. The lowest BCUT2D eigenvalue weighted by Gasteiger charge is -2.04. The van der Waals surface area contributed by atoms with Crippen molar-refractivity contribution in [3.63, 3.8) is 0 Å². The molecule has 2 amide bonds. The zero-order valence-electron chi connectivity index (χ0n) is 14.0. The minimum atomic E-state index is -0.620. The van der Waals surface area contributed by atoms with Gasteiger partial charge in [-0.05, 0) is 30.3 Å². The predicted molar refractivity (Wildman–Crippen MR) is 97.4 cm³/mol. The second kappa shape index (κ2) is 7.96. The van der Waals surface area contributed by atoms with Crippen LogP contribution < -0.4 is 10.6 Å². The Balaban J connectivity index is 1.63. The summed E-state index contributed by atoms with van der Waals surface area (Å²) < 4.78 is 5.41. The molecule has 2 N–H and O–H groups in total. The highest BCUT2D eigenvalue weighted by Gasteiger charge is 2.18. The number of nitrogens with one attached hydrogen (secondary N) is 2. The number of nitro benzene ring substituents is 1. The van der Waals surface area contributed by atoms with Crippen LogP contribution in [0.2, 0.25) is 0 Å². The summed E-state index contributed by atoms with van der Waals surface area (Å²) in [4.78, 5) is 34.7. The van der Waals surface area contributed by atoms with E-state index in [9.17, 15) is 19.7 Å². The molecule has 0 atom stereocenters. The van der Waals surface area contributed by atoms with E-state index in [1.807, 2.05) is 6.07 Å². The van der Waals surface area contributed by atoms with Crippen molar-refractivity contribution in [2.24, 2.45) is 0 Å². The highest BCUT2D eigenvalue weighted by atomic mass is 16.6. The molecule has 0 aliphatic carbocycles. The topological polar surface area (TPSA) is 114 Å². The molecule has 0 fully saturated rings. The Kier molecular flexibility index (Phi) is 5.27. The van der Waals surface area contributed by atoms with Crippen LogP contribution in [0.5, 0.6) is 0 Å². The van der Waals surface area contributed by atoms with Crippen molar-refractivity contribution in [3.05, 3.63) is 93.9 Å². The standard InChI is InChI=1S/C19H15N3O5/c23-18(13-6-2-1-3-7-13)20-12-14-10-11-17(27-14)19(24)21-15-8-4-5-9-16(15)22(25)26/h1-11H,12H2,(H,20,23)(H,21,24). The molecule has 3 rings (SSSR count). The molecule has 0 bridgehead atoms. The number of anilines is 1. The molecule has 0 aliphatic heterocycles. The van der Waals surface area contributed by atoms with Crippen LogP contribution in [0.25, 0.3) is 0 Å². The van der Waals surface area contributed by atoms with Gasteiger partial charge in [-0.3, -0.25) is 19.7 Å². The van der Waals surface area contributed by atoms with E-state index in [1.54, 1.807) is 36.4 Å². The monoisotopic (exact) mass is 365 g/mol. The summed E-state index contributed by atoms with van der Waals surface area (Å²) in [6, 6.07) is 17.5. The SMILES string of the molecule is O=C(NCc1ccc(C(=O)Nc2ccccc2[N+](=O)[O-])o1)c1ccccc1. The molecule has 0 spiro atoms. The smallest absolute Gasteiger partial charge is 0.292 e. The van der Waals surface area contributed by atoms with Gasteiger partial charge in [0.2, 0.25) is 0 Å². The van der Waals surface area contributed by atoms with Gasteiger partial charge in [-0.15, -0.1) is 0 Å². The van der Waals surface area contributed by atoms with Crippen molar-refractivity contribution >= 4 is 23.2 Å². The lowest BCUT2D eigenvalue weighted by Crippen LogP contribution is -2.22. The number of hydrogen-bond donors (Lipinski definition) is 2. The van der Waals surface area contributed by atoms with Crippen molar-refractivity contribution in [2.45, 2.75) is 6.54 Å². The normalized spacial score (nSPS) is 10.2. The molecule has 136 valence electrons. The first-order valence-corrected chi connectivity index (χ1v) is 8.01. The highest BCUT2D eigenvalue weighted by Crippen LogP contribution is 2.24. The van der Waals surface area contributed by atoms with Crippen LogP contribution in [0.4, 0.5) is 11.4 Å². The summed E-state index contributed by atoms with van der Waals surface area (Å²) in [5.74, 6) is -0.521. The van der Waals surface area contributed by atoms with Crippen LogP contribution in [0.3, 0.4) is 0 Å². The van der Waals surface area contributed by atoms with Crippen molar-refractivity contribution in [1.29, 1.82) is 0 Å². The van der Waals surface area contributed by atoms with E-state index in [1.165, 1.54) is 24.3 Å². The van der Waals surface area contributed by atoms with Gasteiger partial charge in [0, 0.05) is 11.6 Å². The van der Waals surface area contributed by atoms with E-state index in [4.69, 9.17) is 4.42 Å². The number of carbonyl (C=O) groups is 2. The van der Waals surface area contributed by atoms with Gasteiger partial charge in [-0.2, -0.15) is 0 Å². The molecule has 0 saturated carbocycles. The Hall–Kier alpha value is -3.94. The van der Waals surface area contributed by atoms with E-state index in [-0.39, 0.29) is 29.6 Å². The highest BCUT2D eigenvalue weighted by molar-refractivity contribution is 6.03. The fraction of sp³-hybridized carbons (Fsp3) is 0.0526. The molecule has 0 saturated heterocycles. The summed E-state index contributed by atoms with van der Waals surface area (Å²) in [6.07, 6.45) is 0. The second-order valence-corrected chi connectivity index (χ2v) is 5.54. The Bertz CT molecular complexity index is 982. The molecule has 1 aromatic heterocycles. The lowest BCUT2D eigenvalue weighted by atomic mass is 10.2. The summed E-state index contributed by atoms with van der Waals surface area (Å²) >= 11 is 0. The molecular weight excluding hydrogens is 350 g/mol. The van der Waals surface area contributed by atoms with Gasteiger partial charge < -0.3 is 15.1 Å². The quantitative estimate of drug-likeness (QED) is 0.513. The van der Waals surface area contributed by atoms with Crippen LogP contribution >= 0.6 is 0 Å². The molecule has 27 heavy (non-hydrogen) atoms. The minimum absolute atomic E-state index is 0.0166.